The molecular formula is C23H20Cl2N4O2. The minimum Gasteiger partial charge on any atom is -0.484 e. The number of aromatic nitrogens is 3. The molecule has 1 aromatic heterocycles. The van der Waals surface area contributed by atoms with Gasteiger partial charge in [0.1, 0.15) is 16.8 Å². The summed E-state index contributed by atoms with van der Waals surface area (Å²) in [6.07, 6.45) is 0. The highest BCUT2D eigenvalue weighted by Gasteiger charge is 2.13. The predicted octanol–water partition coefficient (Wildman–Crippen LogP) is 5.67. The van der Waals surface area contributed by atoms with E-state index in [-0.39, 0.29) is 12.5 Å². The molecular weight excluding hydrogens is 435 g/mol. The number of rotatable bonds is 5. The van der Waals surface area contributed by atoms with E-state index in [2.05, 4.69) is 15.5 Å². The van der Waals surface area contributed by atoms with Crippen molar-refractivity contribution in [3.05, 3.63) is 75.3 Å². The second kappa shape index (κ2) is 8.57. The molecule has 3 aromatic carbocycles. The van der Waals surface area contributed by atoms with E-state index in [9.17, 15) is 4.79 Å². The molecule has 4 rings (SSSR count). The van der Waals surface area contributed by atoms with Crippen LogP contribution in [0.1, 0.15) is 16.7 Å². The van der Waals surface area contributed by atoms with Crippen molar-refractivity contribution in [2.24, 2.45) is 0 Å². The number of anilines is 1. The fraction of sp³-hybridized carbons (Fsp3) is 0.174. The van der Waals surface area contributed by atoms with Crippen molar-refractivity contribution in [3.63, 3.8) is 0 Å². The molecule has 1 amide bonds. The van der Waals surface area contributed by atoms with Crippen LogP contribution in [0.15, 0.2) is 48.5 Å². The van der Waals surface area contributed by atoms with Crippen LogP contribution in [-0.2, 0) is 4.79 Å². The molecule has 0 saturated carbocycles. The Bertz CT molecular complexity index is 1260. The van der Waals surface area contributed by atoms with Crippen molar-refractivity contribution < 1.29 is 9.53 Å². The second-order valence-corrected chi connectivity index (χ2v) is 8.14. The lowest BCUT2D eigenvalue weighted by molar-refractivity contribution is -0.118. The minimum atomic E-state index is -0.336. The maximum atomic E-state index is 12.4. The van der Waals surface area contributed by atoms with Crippen LogP contribution in [-0.4, -0.2) is 27.5 Å². The molecule has 158 valence electrons. The normalized spacial score (nSPS) is 11.0. The molecule has 0 radical (unpaired) electrons. The summed E-state index contributed by atoms with van der Waals surface area (Å²) in [5, 5.41) is 12.8. The number of halogens is 2. The zero-order valence-corrected chi connectivity index (χ0v) is 18.8. The fourth-order valence-corrected chi connectivity index (χ4v) is 3.47. The minimum absolute atomic E-state index is 0.162. The van der Waals surface area contributed by atoms with Gasteiger partial charge in [-0.15, -0.1) is 10.2 Å². The molecule has 0 atom stereocenters. The third-order valence-electron chi connectivity index (χ3n) is 4.79. The van der Waals surface area contributed by atoms with E-state index in [1.165, 1.54) is 0 Å². The first-order chi connectivity index (χ1) is 14.8. The topological polar surface area (TPSA) is 69.0 Å². The fourth-order valence-electron chi connectivity index (χ4n) is 3.15. The van der Waals surface area contributed by atoms with Gasteiger partial charge < -0.3 is 10.1 Å². The van der Waals surface area contributed by atoms with Crippen LogP contribution < -0.4 is 10.1 Å². The lowest BCUT2D eigenvalue weighted by Gasteiger charge is -2.11. The Morgan fingerprint density at radius 3 is 2.23 bits per heavy atom. The Balaban J connectivity index is 1.49. The lowest BCUT2D eigenvalue weighted by Crippen LogP contribution is -2.20. The molecule has 0 saturated heterocycles. The van der Waals surface area contributed by atoms with E-state index in [4.69, 9.17) is 27.9 Å². The van der Waals surface area contributed by atoms with E-state index in [1.54, 1.807) is 29.1 Å². The van der Waals surface area contributed by atoms with Gasteiger partial charge in [0.2, 0.25) is 0 Å². The van der Waals surface area contributed by atoms with Gasteiger partial charge in [-0.05, 0) is 68.3 Å². The van der Waals surface area contributed by atoms with E-state index in [0.717, 1.165) is 22.4 Å². The summed E-state index contributed by atoms with van der Waals surface area (Å²) in [6, 6.07) is 14.8. The van der Waals surface area contributed by atoms with Crippen molar-refractivity contribution in [2.45, 2.75) is 20.8 Å². The number of hydrogen-bond donors (Lipinski definition) is 1. The summed E-state index contributed by atoms with van der Waals surface area (Å²) >= 11 is 12.5. The van der Waals surface area contributed by atoms with Crippen LogP contribution in [0.4, 0.5) is 5.69 Å². The predicted molar refractivity (Wildman–Crippen MR) is 124 cm³/mol. The van der Waals surface area contributed by atoms with E-state index in [0.29, 0.717) is 32.5 Å². The van der Waals surface area contributed by atoms with Crippen molar-refractivity contribution in [2.75, 3.05) is 11.9 Å². The highest BCUT2D eigenvalue weighted by Crippen LogP contribution is 2.28. The number of fused-ring (bicyclic) bond motifs is 1. The second-order valence-electron chi connectivity index (χ2n) is 7.35. The standard InChI is InChI=1S/C23H20Cl2N4O2/c1-13-4-6-16(7-5-13)29-27-20-10-18(24)19(11-21(20)28-29)26-22(30)12-31-17-8-14(2)23(25)15(3)9-17/h4-11H,12H2,1-3H3,(H,26,30). The summed E-state index contributed by atoms with van der Waals surface area (Å²) in [5.74, 6) is 0.245. The summed E-state index contributed by atoms with van der Waals surface area (Å²) in [5.41, 5.74) is 5.47. The molecule has 0 aliphatic rings. The van der Waals surface area contributed by atoms with Crippen molar-refractivity contribution >= 4 is 45.8 Å². The lowest BCUT2D eigenvalue weighted by atomic mass is 10.1. The molecule has 8 heteroatoms. The van der Waals surface area contributed by atoms with E-state index >= 15 is 0 Å². The number of amides is 1. The van der Waals surface area contributed by atoms with Gasteiger partial charge in [-0.1, -0.05) is 40.9 Å². The average Bonchev–Trinajstić information content (AvgIpc) is 3.13. The van der Waals surface area contributed by atoms with Crippen LogP contribution in [0.25, 0.3) is 16.7 Å². The maximum Gasteiger partial charge on any atom is 0.262 e. The molecule has 4 aromatic rings. The summed E-state index contributed by atoms with van der Waals surface area (Å²) in [6.45, 7) is 5.64. The molecule has 0 aliphatic heterocycles. The molecule has 1 heterocycles. The third kappa shape index (κ3) is 4.65. The Morgan fingerprint density at radius 2 is 1.58 bits per heavy atom. The van der Waals surface area contributed by atoms with Gasteiger partial charge in [-0.3, -0.25) is 4.79 Å². The first kappa shape index (κ1) is 21.2. The zero-order chi connectivity index (χ0) is 22.1. The molecule has 0 bridgehead atoms. The molecule has 6 nitrogen and oxygen atoms in total. The first-order valence-corrected chi connectivity index (χ1v) is 10.4. The monoisotopic (exact) mass is 454 g/mol. The van der Waals surface area contributed by atoms with Crippen LogP contribution in [0.2, 0.25) is 10.0 Å². The molecule has 0 fully saturated rings. The highest BCUT2D eigenvalue weighted by atomic mass is 35.5. The van der Waals surface area contributed by atoms with Crippen LogP contribution in [0.5, 0.6) is 5.75 Å². The quantitative estimate of drug-likeness (QED) is 0.421. The van der Waals surface area contributed by atoms with Crippen LogP contribution in [0, 0.1) is 20.8 Å². The number of carbonyl (C=O) groups excluding carboxylic acids is 1. The Labute approximate surface area is 189 Å². The molecule has 0 unspecified atom stereocenters. The van der Waals surface area contributed by atoms with Crippen LogP contribution in [0.3, 0.4) is 0 Å². The summed E-state index contributed by atoms with van der Waals surface area (Å²) in [7, 11) is 0. The van der Waals surface area contributed by atoms with Crippen molar-refractivity contribution in [1.29, 1.82) is 0 Å². The molecule has 1 N–H and O–H groups in total. The van der Waals surface area contributed by atoms with Crippen LogP contribution >= 0.6 is 23.2 Å². The number of benzene rings is 3. The van der Waals surface area contributed by atoms with Gasteiger partial charge in [0, 0.05) is 5.02 Å². The van der Waals surface area contributed by atoms with Gasteiger partial charge >= 0.3 is 0 Å². The number of nitrogens with one attached hydrogen (secondary N) is 1. The van der Waals surface area contributed by atoms with Crippen molar-refractivity contribution in [3.8, 4) is 11.4 Å². The summed E-state index contributed by atoms with van der Waals surface area (Å²) < 4.78 is 5.61. The smallest absolute Gasteiger partial charge is 0.262 e. The summed E-state index contributed by atoms with van der Waals surface area (Å²) in [4.78, 5) is 13.9. The molecule has 31 heavy (non-hydrogen) atoms. The van der Waals surface area contributed by atoms with Gasteiger partial charge in [-0.25, -0.2) is 0 Å². The van der Waals surface area contributed by atoms with Gasteiger partial charge in [0.05, 0.1) is 16.4 Å². The molecule has 0 spiro atoms. The third-order valence-corrected chi connectivity index (χ3v) is 5.70. The first-order valence-electron chi connectivity index (χ1n) is 9.63. The number of nitrogens with zero attached hydrogens (tertiary/aromatic N) is 3. The van der Waals surface area contributed by atoms with Gasteiger partial charge in [-0.2, -0.15) is 4.80 Å². The number of ether oxygens (including phenoxy) is 1. The molecule has 0 aliphatic carbocycles. The average molecular weight is 455 g/mol. The largest absolute Gasteiger partial charge is 0.484 e. The van der Waals surface area contributed by atoms with E-state index in [1.807, 2.05) is 45.0 Å². The Hall–Kier alpha value is -3.09. The number of hydrogen-bond acceptors (Lipinski definition) is 4. The van der Waals surface area contributed by atoms with Crippen molar-refractivity contribution in [1.82, 2.24) is 15.0 Å². The SMILES string of the molecule is Cc1ccc(-n2nc3cc(Cl)c(NC(=O)COc4cc(C)c(Cl)c(C)c4)cc3n2)cc1. The van der Waals surface area contributed by atoms with Gasteiger partial charge in [0.25, 0.3) is 5.91 Å². The number of carbonyl (C=O) groups is 1. The van der Waals surface area contributed by atoms with E-state index < -0.39 is 0 Å². The Kier molecular flexibility index (Phi) is 5.85. The maximum absolute atomic E-state index is 12.4. The number of aryl methyl sites for hydroxylation is 3. The zero-order valence-electron chi connectivity index (χ0n) is 17.2. The highest BCUT2D eigenvalue weighted by molar-refractivity contribution is 6.34. The van der Waals surface area contributed by atoms with Gasteiger partial charge in [0.15, 0.2) is 6.61 Å². The Morgan fingerprint density at radius 1 is 0.968 bits per heavy atom.